The molecule has 0 spiro atoms. The largest absolute Gasteiger partial charge is 0.467 e. The standard InChI is InChI=1S/C16H19N3O3/c20-15-12(6-4-9-17-15)18-16(21)19-10-3-1-2-7-13(19)14-8-5-11-22-14/h4-6,8-9,11,13H,1-3,7,10H2,(H,17,20)(H,18,21). The number of nitrogens with zero attached hydrogens (tertiary/aromatic N) is 1. The van der Waals surface area contributed by atoms with Crippen LogP contribution in [-0.4, -0.2) is 22.5 Å². The first-order valence-electron chi connectivity index (χ1n) is 7.54. The third-order valence-corrected chi connectivity index (χ3v) is 3.95. The highest BCUT2D eigenvalue weighted by Gasteiger charge is 2.28. The van der Waals surface area contributed by atoms with Crippen molar-refractivity contribution in [1.29, 1.82) is 0 Å². The van der Waals surface area contributed by atoms with Gasteiger partial charge in [0, 0.05) is 12.7 Å². The summed E-state index contributed by atoms with van der Waals surface area (Å²) in [5.74, 6) is 0.791. The van der Waals surface area contributed by atoms with Crippen molar-refractivity contribution in [3.05, 3.63) is 52.8 Å². The number of H-pyrrole nitrogens is 1. The van der Waals surface area contributed by atoms with Crippen molar-refractivity contribution in [2.24, 2.45) is 0 Å². The van der Waals surface area contributed by atoms with Gasteiger partial charge in [0.25, 0.3) is 5.56 Å². The number of amides is 2. The molecule has 3 rings (SSSR count). The average Bonchev–Trinajstić information content (AvgIpc) is 2.94. The van der Waals surface area contributed by atoms with Gasteiger partial charge in [-0.1, -0.05) is 12.8 Å². The van der Waals surface area contributed by atoms with E-state index in [1.165, 1.54) is 6.20 Å². The fraction of sp³-hybridized carbons (Fsp3) is 0.375. The van der Waals surface area contributed by atoms with Crippen molar-refractivity contribution in [3.8, 4) is 0 Å². The summed E-state index contributed by atoms with van der Waals surface area (Å²) in [6.45, 7) is 0.655. The van der Waals surface area contributed by atoms with Crippen molar-refractivity contribution in [2.75, 3.05) is 11.9 Å². The average molecular weight is 301 g/mol. The summed E-state index contributed by atoms with van der Waals surface area (Å²) < 4.78 is 5.49. The zero-order valence-electron chi connectivity index (χ0n) is 12.2. The molecule has 0 saturated carbocycles. The number of nitrogens with one attached hydrogen (secondary N) is 2. The van der Waals surface area contributed by atoms with E-state index in [0.717, 1.165) is 31.4 Å². The van der Waals surface area contributed by atoms with Gasteiger partial charge in [0.15, 0.2) is 0 Å². The van der Waals surface area contributed by atoms with Crippen LogP contribution in [-0.2, 0) is 0 Å². The zero-order chi connectivity index (χ0) is 15.4. The van der Waals surface area contributed by atoms with Crippen LogP contribution in [0, 0.1) is 0 Å². The van der Waals surface area contributed by atoms with Crippen LogP contribution in [0.3, 0.4) is 0 Å². The Labute approximate surface area is 128 Å². The van der Waals surface area contributed by atoms with Gasteiger partial charge in [-0.15, -0.1) is 0 Å². The highest BCUT2D eigenvalue weighted by atomic mass is 16.3. The van der Waals surface area contributed by atoms with Crippen LogP contribution < -0.4 is 10.9 Å². The molecular formula is C16H19N3O3. The lowest BCUT2D eigenvalue weighted by Crippen LogP contribution is -2.39. The number of furan rings is 1. The van der Waals surface area contributed by atoms with Gasteiger partial charge in [-0.05, 0) is 37.1 Å². The van der Waals surface area contributed by atoms with E-state index in [1.54, 1.807) is 23.3 Å². The topological polar surface area (TPSA) is 78.3 Å². The Kier molecular flexibility index (Phi) is 4.27. The molecule has 1 unspecified atom stereocenters. The fourth-order valence-corrected chi connectivity index (χ4v) is 2.84. The van der Waals surface area contributed by atoms with Crippen molar-refractivity contribution < 1.29 is 9.21 Å². The third kappa shape index (κ3) is 3.05. The SMILES string of the molecule is O=C(Nc1ccc[nH]c1=O)N1CCCCCC1c1ccco1. The van der Waals surface area contributed by atoms with E-state index >= 15 is 0 Å². The molecule has 2 aromatic rings. The molecule has 0 bridgehead atoms. The maximum absolute atomic E-state index is 12.6. The normalized spacial score (nSPS) is 18.7. The number of carbonyl (C=O) groups excluding carboxylic acids is 1. The number of carbonyl (C=O) groups is 1. The van der Waals surface area contributed by atoms with E-state index < -0.39 is 0 Å². The van der Waals surface area contributed by atoms with Gasteiger partial charge in [-0.2, -0.15) is 0 Å². The van der Waals surface area contributed by atoms with Crippen LogP contribution in [0.5, 0.6) is 0 Å². The Morgan fingerprint density at radius 3 is 2.95 bits per heavy atom. The number of rotatable bonds is 2. The minimum Gasteiger partial charge on any atom is -0.467 e. The van der Waals surface area contributed by atoms with Crippen LogP contribution in [0.15, 0.2) is 45.9 Å². The maximum atomic E-state index is 12.6. The molecule has 1 aliphatic heterocycles. The molecule has 0 radical (unpaired) electrons. The van der Waals surface area contributed by atoms with Crippen LogP contribution in [0.1, 0.15) is 37.5 Å². The molecule has 0 aromatic carbocycles. The van der Waals surface area contributed by atoms with E-state index in [9.17, 15) is 9.59 Å². The highest BCUT2D eigenvalue weighted by Crippen LogP contribution is 2.30. The van der Waals surface area contributed by atoms with Crippen LogP contribution in [0.2, 0.25) is 0 Å². The number of pyridine rings is 1. The van der Waals surface area contributed by atoms with Gasteiger partial charge in [-0.3, -0.25) is 4.79 Å². The van der Waals surface area contributed by atoms with Crippen LogP contribution >= 0.6 is 0 Å². The zero-order valence-corrected chi connectivity index (χ0v) is 12.2. The van der Waals surface area contributed by atoms with E-state index in [-0.39, 0.29) is 23.3 Å². The molecule has 1 atom stereocenters. The number of hydrogen-bond donors (Lipinski definition) is 2. The van der Waals surface area contributed by atoms with Crippen molar-refractivity contribution in [2.45, 2.75) is 31.7 Å². The summed E-state index contributed by atoms with van der Waals surface area (Å²) >= 11 is 0. The second-order valence-corrected chi connectivity index (χ2v) is 5.42. The van der Waals surface area contributed by atoms with Gasteiger partial charge in [0.1, 0.15) is 11.4 Å². The molecule has 6 nitrogen and oxygen atoms in total. The van der Waals surface area contributed by atoms with E-state index in [2.05, 4.69) is 10.3 Å². The Bertz CT molecular complexity index is 678. The summed E-state index contributed by atoms with van der Waals surface area (Å²) in [4.78, 5) is 28.6. The van der Waals surface area contributed by atoms with Gasteiger partial charge < -0.3 is 19.6 Å². The molecule has 1 fully saturated rings. The number of likely N-dealkylation sites (tertiary alicyclic amines) is 1. The summed E-state index contributed by atoms with van der Waals surface area (Å²) in [7, 11) is 0. The molecule has 0 aliphatic carbocycles. The number of urea groups is 1. The Balaban J connectivity index is 1.81. The van der Waals surface area contributed by atoms with E-state index in [0.29, 0.717) is 6.54 Å². The van der Waals surface area contributed by atoms with Crippen molar-refractivity contribution in [1.82, 2.24) is 9.88 Å². The molecule has 6 heteroatoms. The minimum atomic E-state index is -0.305. The second kappa shape index (κ2) is 6.51. The predicted molar refractivity (Wildman–Crippen MR) is 82.7 cm³/mol. The van der Waals surface area contributed by atoms with Crippen molar-refractivity contribution >= 4 is 11.7 Å². The fourth-order valence-electron chi connectivity index (χ4n) is 2.84. The first-order valence-corrected chi connectivity index (χ1v) is 7.54. The molecule has 2 N–H and O–H groups in total. The lowest BCUT2D eigenvalue weighted by molar-refractivity contribution is 0.179. The molecule has 3 heterocycles. The van der Waals surface area contributed by atoms with Gasteiger partial charge in [-0.25, -0.2) is 4.79 Å². The van der Waals surface area contributed by atoms with Gasteiger partial charge in [0.05, 0.1) is 12.3 Å². The molecular weight excluding hydrogens is 282 g/mol. The lowest BCUT2D eigenvalue weighted by atomic mass is 10.1. The molecule has 2 amide bonds. The second-order valence-electron chi connectivity index (χ2n) is 5.42. The first-order chi connectivity index (χ1) is 10.8. The predicted octanol–water partition coefficient (Wildman–Crippen LogP) is 3.12. The molecule has 2 aromatic heterocycles. The Morgan fingerprint density at radius 2 is 2.18 bits per heavy atom. The smallest absolute Gasteiger partial charge is 0.322 e. The van der Waals surface area contributed by atoms with Gasteiger partial charge >= 0.3 is 6.03 Å². The van der Waals surface area contributed by atoms with Crippen LogP contribution in [0.4, 0.5) is 10.5 Å². The van der Waals surface area contributed by atoms with E-state index in [4.69, 9.17) is 4.42 Å². The summed E-state index contributed by atoms with van der Waals surface area (Å²) in [5, 5.41) is 2.70. The lowest BCUT2D eigenvalue weighted by Gasteiger charge is -2.28. The summed E-state index contributed by atoms with van der Waals surface area (Å²) in [5.41, 5.74) is -0.0461. The maximum Gasteiger partial charge on any atom is 0.322 e. The number of aromatic nitrogens is 1. The van der Waals surface area contributed by atoms with Gasteiger partial charge in [0.2, 0.25) is 0 Å². The Hall–Kier alpha value is -2.50. The highest BCUT2D eigenvalue weighted by molar-refractivity contribution is 5.89. The Morgan fingerprint density at radius 1 is 1.27 bits per heavy atom. The van der Waals surface area contributed by atoms with Crippen molar-refractivity contribution in [3.63, 3.8) is 0 Å². The summed E-state index contributed by atoms with van der Waals surface area (Å²) in [6.07, 6.45) is 7.13. The molecule has 116 valence electrons. The number of aromatic amines is 1. The monoisotopic (exact) mass is 301 g/mol. The first kappa shape index (κ1) is 14.4. The molecule has 22 heavy (non-hydrogen) atoms. The minimum absolute atomic E-state index is 0.0831. The molecule has 1 saturated heterocycles. The molecule has 1 aliphatic rings. The third-order valence-electron chi connectivity index (χ3n) is 3.95. The number of anilines is 1. The summed E-state index contributed by atoms with van der Waals surface area (Å²) in [6, 6.07) is 6.66. The van der Waals surface area contributed by atoms with E-state index in [1.807, 2.05) is 12.1 Å². The number of hydrogen-bond acceptors (Lipinski definition) is 3. The quantitative estimate of drug-likeness (QED) is 0.894. The van der Waals surface area contributed by atoms with Crippen LogP contribution in [0.25, 0.3) is 0 Å².